The maximum atomic E-state index is 5.52. The second-order valence-electron chi connectivity index (χ2n) is 13.4. The van der Waals surface area contributed by atoms with Gasteiger partial charge in [-0.2, -0.15) is 0 Å². The number of para-hydroxylation sites is 4. The van der Waals surface area contributed by atoms with Crippen LogP contribution < -0.4 is 0 Å². The second-order valence-corrected chi connectivity index (χ2v) is 13.4. The summed E-state index contributed by atoms with van der Waals surface area (Å²) in [6.07, 6.45) is 0. The molecule has 0 radical (unpaired) electrons. The number of fused-ring (bicyclic) bond motifs is 14. The highest BCUT2D eigenvalue weighted by Crippen LogP contribution is 2.46. The van der Waals surface area contributed by atoms with Crippen LogP contribution in [0.25, 0.3) is 110 Å². The van der Waals surface area contributed by atoms with Gasteiger partial charge in [0.1, 0.15) is 5.82 Å². The molecule has 0 spiro atoms. The van der Waals surface area contributed by atoms with Crippen molar-refractivity contribution >= 4 is 92.3 Å². The van der Waals surface area contributed by atoms with Gasteiger partial charge in [-0.3, -0.25) is 4.57 Å². The highest BCUT2D eigenvalue weighted by atomic mass is 15.1. The van der Waals surface area contributed by atoms with Crippen LogP contribution in [0.15, 0.2) is 158 Å². The molecule has 0 aliphatic carbocycles. The zero-order valence-electron chi connectivity index (χ0n) is 26.8. The van der Waals surface area contributed by atoms with Gasteiger partial charge in [0.15, 0.2) is 5.82 Å². The van der Waals surface area contributed by atoms with Crippen LogP contribution in [0.5, 0.6) is 0 Å². The molecular formula is C46H26N4. The Bertz CT molecular complexity index is 3380. The monoisotopic (exact) mass is 634 g/mol. The molecule has 230 valence electrons. The van der Waals surface area contributed by atoms with Crippen molar-refractivity contribution in [1.29, 1.82) is 0 Å². The number of rotatable bonds is 2. The molecule has 4 nitrogen and oxygen atoms in total. The topological polar surface area (TPSA) is 35.1 Å². The summed E-state index contributed by atoms with van der Waals surface area (Å²) in [4.78, 5) is 10.7. The van der Waals surface area contributed by atoms with Crippen LogP contribution in [-0.4, -0.2) is 18.9 Å². The van der Waals surface area contributed by atoms with E-state index in [9.17, 15) is 0 Å². The number of hydrogen-bond acceptors (Lipinski definition) is 2. The predicted octanol–water partition coefficient (Wildman–Crippen LogP) is 11.9. The molecule has 0 aliphatic heterocycles. The minimum Gasteiger partial charge on any atom is -0.308 e. The van der Waals surface area contributed by atoms with Gasteiger partial charge in [0.05, 0.1) is 33.1 Å². The third kappa shape index (κ3) is 3.30. The second kappa shape index (κ2) is 9.43. The average Bonchev–Trinajstić information content (AvgIpc) is 3.82. The summed E-state index contributed by atoms with van der Waals surface area (Å²) in [7, 11) is 0. The fourth-order valence-electron chi connectivity index (χ4n) is 8.68. The van der Waals surface area contributed by atoms with E-state index in [0.29, 0.717) is 5.82 Å². The maximum absolute atomic E-state index is 5.52. The molecule has 0 N–H and O–H groups in total. The number of aromatic nitrogens is 4. The first-order valence-electron chi connectivity index (χ1n) is 17.1. The first-order chi connectivity index (χ1) is 24.8. The average molecular weight is 635 g/mol. The molecule has 12 rings (SSSR count). The number of hydrogen-bond donors (Lipinski definition) is 0. The summed E-state index contributed by atoms with van der Waals surface area (Å²) < 4.78 is 4.87. The third-order valence-corrected chi connectivity index (χ3v) is 10.8. The predicted molar refractivity (Wildman–Crippen MR) is 209 cm³/mol. The van der Waals surface area contributed by atoms with Crippen LogP contribution in [0.4, 0.5) is 0 Å². The largest absolute Gasteiger partial charge is 0.308 e. The minimum absolute atomic E-state index is 0.714. The zero-order valence-corrected chi connectivity index (χ0v) is 26.8. The molecule has 0 bridgehead atoms. The van der Waals surface area contributed by atoms with Crippen LogP contribution in [0.1, 0.15) is 0 Å². The number of nitrogens with zero attached hydrogens (tertiary/aromatic N) is 4. The van der Waals surface area contributed by atoms with E-state index in [0.717, 1.165) is 27.8 Å². The van der Waals surface area contributed by atoms with Gasteiger partial charge in [0.2, 0.25) is 0 Å². The Balaban J connectivity index is 1.26. The lowest BCUT2D eigenvalue weighted by atomic mass is 10.00. The van der Waals surface area contributed by atoms with E-state index in [4.69, 9.17) is 9.97 Å². The van der Waals surface area contributed by atoms with Crippen molar-refractivity contribution < 1.29 is 0 Å². The van der Waals surface area contributed by atoms with Crippen molar-refractivity contribution in [3.05, 3.63) is 158 Å². The maximum Gasteiger partial charge on any atom is 0.162 e. The first-order valence-corrected chi connectivity index (χ1v) is 17.1. The van der Waals surface area contributed by atoms with Gasteiger partial charge in [-0.15, -0.1) is 0 Å². The summed E-state index contributed by atoms with van der Waals surface area (Å²) in [5.74, 6) is 1.60. The lowest BCUT2D eigenvalue weighted by molar-refractivity contribution is 1.08. The molecule has 0 saturated heterocycles. The van der Waals surface area contributed by atoms with E-state index in [-0.39, 0.29) is 0 Å². The lowest BCUT2D eigenvalue weighted by Gasteiger charge is -2.14. The van der Waals surface area contributed by atoms with E-state index >= 15 is 0 Å². The smallest absolute Gasteiger partial charge is 0.162 e. The molecule has 4 heteroatoms. The standard InChI is InChI=1S/C46H26N4/c1-2-12-30-27(11-1)21-22-28-23-24-29(25-35(28)30)45-47-38-17-7-3-15-33(38)46(48-45)50-40-19-9-5-14-32(40)37-26-36-31-13-4-8-18-39(31)49-41-20-10-6-16-34(41)42(43(36)49)44(37)50/h1-26H. The van der Waals surface area contributed by atoms with E-state index in [1.807, 2.05) is 0 Å². The summed E-state index contributed by atoms with van der Waals surface area (Å²) in [5.41, 5.74) is 7.93. The summed E-state index contributed by atoms with van der Waals surface area (Å²) in [6, 6.07) is 56.8. The Kier molecular flexibility index (Phi) is 4.94. The fraction of sp³-hybridized carbons (Fsp3) is 0. The summed E-state index contributed by atoms with van der Waals surface area (Å²) in [6.45, 7) is 0. The molecule has 0 unspecified atom stereocenters. The normalized spacial score (nSPS) is 12.4. The molecule has 0 saturated carbocycles. The van der Waals surface area contributed by atoms with Gasteiger partial charge >= 0.3 is 0 Å². The Morgan fingerprint density at radius 1 is 0.380 bits per heavy atom. The number of benzene rings is 8. The Morgan fingerprint density at radius 3 is 1.78 bits per heavy atom. The molecule has 0 amide bonds. The van der Waals surface area contributed by atoms with Gasteiger partial charge in [0, 0.05) is 43.3 Å². The molecule has 8 aromatic carbocycles. The van der Waals surface area contributed by atoms with Crippen LogP contribution in [0, 0.1) is 0 Å². The molecule has 0 aliphatic rings. The van der Waals surface area contributed by atoms with E-state index in [2.05, 4.69) is 167 Å². The van der Waals surface area contributed by atoms with Gasteiger partial charge in [-0.25, -0.2) is 9.97 Å². The summed E-state index contributed by atoms with van der Waals surface area (Å²) in [5, 5.41) is 13.4. The third-order valence-electron chi connectivity index (χ3n) is 10.8. The highest BCUT2D eigenvalue weighted by Gasteiger charge is 2.25. The van der Waals surface area contributed by atoms with Crippen molar-refractivity contribution in [2.75, 3.05) is 0 Å². The summed E-state index contributed by atoms with van der Waals surface area (Å²) >= 11 is 0. The van der Waals surface area contributed by atoms with Gasteiger partial charge < -0.3 is 4.40 Å². The Labute approximate surface area is 285 Å². The quantitative estimate of drug-likeness (QED) is 0.177. The van der Waals surface area contributed by atoms with Crippen molar-refractivity contribution in [3.63, 3.8) is 0 Å². The molecule has 0 atom stereocenters. The van der Waals surface area contributed by atoms with Crippen molar-refractivity contribution in [2.45, 2.75) is 0 Å². The Hall–Kier alpha value is -6.78. The van der Waals surface area contributed by atoms with Crippen molar-refractivity contribution in [3.8, 4) is 17.2 Å². The van der Waals surface area contributed by atoms with E-state index in [1.54, 1.807) is 0 Å². The lowest BCUT2D eigenvalue weighted by Crippen LogP contribution is -2.03. The van der Waals surface area contributed by atoms with Crippen molar-refractivity contribution in [2.24, 2.45) is 0 Å². The minimum atomic E-state index is 0.714. The van der Waals surface area contributed by atoms with E-state index < -0.39 is 0 Å². The van der Waals surface area contributed by atoms with Gasteiger partial charge in [0.25, 0.3) is 0 Å². The molecular weight excluding hydrogens is 609 g/mol. The van der Waals surface area contributed by atoms with Crippen LogP contribution >= 0.6 is 0 Å². The zero-order chi connectivity index (χ0) is 32.5. The SMILES string of the molecule is c1ccc2c(c1)ccc1ccc(-c3nc(-n4c5ccccc5c5cc6c7ccccc7n7c8ccccc8c(c54)c67)c4ccccc4n3)cc12. The molecule has 50 heavy (non-hydrogen) atoms. The van der Waals surface area contributed by atoms with Crippen LogP contribution in [0.3, 0.4) is 0 Å². The molecule has 4 aromatic heterocycles. The van der Waals surface area contributed by atoms with E-state index in [1.165, 1.54) is 75.9 Å². The molecule has 12 aromatic rings. The van der Waals surface area contributed by atoms with Crippen LogP contribution in [0.2, 0.25) is 0 Å². The van der Waals surface area contributed by atoms with Crippen molar-refractivity contribution in [1.82, 2.24) is 18.9 Å². The first kappa shape index (κ1) is 26.2. The highest BCUT2D eigenvalue weighted by molar-refractivity contribution is 6.34. The molecule has 4 heterocycles. The fourth-order valence-corrected chi connectivity index (χ4v) is 8.68. The van der Waals surface area contributed by atoms with Gasteiger partial charge in [-0.1, -0.05) is 115 Å². The van der Waals surface area contributed by atoms with Gasteiger partial charge in [-0.05, 0) is 64.0 Å². The molecule has 0 fully saturated rings. The Morgan fingerprint density at radius 2 is 0.960 bits per heavy atom. The van der Waals surface area contributed by atoms with Crippen LogP contribution in [-0.2, 0) is 0 Å².